The van der Waals surface area contributed by atoms with Crippen LogP contribution in [0.2, 0.25) is 0 Å². The lowest BCUT2D eigenvalue weighted by Gasteiger charge is -1.77. The first kappa shape index (κ1) is 4.06. The summed E-state index contributed by atoms with van der Waals surface area (Å²) < 4.78 is 11.7. The molecule has 6 heavy (non-hydrogen) atoms. The maximum atomic E-state index is 11.7. The van der Waals surface area contributed by atoms with Crippen LogP contribution in [0.5, 0.6) is 0 Å². The number of hydrogen-bond acceptors (Lipinski definition) is 1. The summed E-state index contributed by atoms with van der Waals surface area (Å²) in [5.41, 5.74) is 5.08. The lowest BCUT2D eigenvalue weighted by molar-refractivity contribution is 0.448. The molecule has 1 fully saturated rings. The maximum Gasteiger partial charge on any atom is 0.105 e. The molecule has 0 spiro atoms. The molecule has 0 aromatic heterocycles. The van der Waals surface area contributed by atoms with Crippen LogP contribution in [0.4, 0.5) is 4.39 Å². The second-order valence-corrected chi connectivity index (χ2v) is 1.75. The van der Waals surface area contributed by atoms with E-state index >= 15 is 0 Å². The normalized spacial score (nSPS) is 43.0. The van der Waals surface area contributed by atoms with Crippen molar-refractivity contribution < 1.29 is 4.39 Å². The first-order valence-corrected chi connectivity index (χ1v) is 2.18. The number of hydrogen-bond donors (Lipinski definition) is 1. The van der Waals surface area contributed by atoms with Gasteiger partial charge in [0.05, 0.1) is 0 Å². The molecular weight excluding hydrogens is 81.0 g/mol. The fourth-order valence-electron chi connectivity index (χ4n) is 0.455. The predicted molar refractivity (Wildman–Crippen MR) is 22.1 cm³/mol. The van der Waals surface area contributed by atoms with Gasteiger partial charge in [0.15, 0.2) is 0 Å². The molecule has 1 nitrogen and oxygen atoms in total. The molecule has 0 aromatic carbocycles. The molecule has 36 valence electrons. The molecule has 1 saturated carbocycles. The fraction of sp³-hybridized carbons (Fsp3) is 1.00. The van der Waals surface area contributed by atoms with Crippen molar-refractivity contribution in [3.8, 4) is 0 Å². The Kier molecular flexibility index (Phi) is 0.804. The van der Waals surface area contributed by atoms with Gasteiger partial charge in [0.2, 0.25) is 0 Å². The molecule has 0 aromatic rings. The fourth-order valence-corrected chi connectivity index (χ4v) is 0.455. The number of rotatable bonds is 1. The van der Waals surface area contributed by atoms with E-state index in [1.165, 1.54) is 0 Å². The summed E-state index contributed by atoms with van der Waals surface area (Å²) in [6.07, 6.45) is 0.145. The lowest BCUT2D eigenvalue weighted by Crippen LogP contribution is -2.01. The summed E-state index contributed by atoms with van der Waals surface area (Å²) in [6, 6.07) is 0. The molecule has 0 aliphatic heterocycles. The zero-order valence-electron chi connectivity index (χ0n) is 3.52. The Labute approximate surface area is 36.3 Å². The molecule has 2 unspecified atom stereocenters. The van der Waals surface area contributed by atoms with Gasteiger partial charge in [-0.05, 0) is 13.0 Å². The molecule has 1 aliphatic carbocycles. The highest BCUT2D eigenvalue weighted by Gasteiger charge is 2.35. The Morgan fingerprint density at radius 1 is 1.83 bits per heavy atom. The second kappa shape index (κ2) is 1.19. The van der Waals surface area contributed by atoms with Gasteiger partial charge in [0.25, 0.3) is 0 Å². The van der Waals surface area contributed by atoms with E-state index < -0.39 is 6.17 Å². The molecule has 0 saturated heterocycles. The molecule has 0 amide bonds. The minimum absolute atomic E-state index is 0.213. The average molecular weight is 89.1 g/mol. The Morgan fingerprint density at radius 3 is 2.33 bits per heavy atom. The smallest absolute Gasteiger partial charge is 0.105 e. The molecule has 0 heterocycles. The van der Waals surface area contributed by atoms with Crippen LogP contribution in [0.1, 0.15) is 6.42 Å². The topological polar surface area (TPSA) is 26.0 Å². The van der Waals surface area contributed by atoms with E-state index in [9.17, 15) is 4.39 Å². The highest BCUT2D eigenvalue weighted by molar-refractivity contribution is 4.86. The molecular formula is C4H8FN. The van der Waals surface area contributed by atoms with E-state index in [2.05, 4.69) is 0 Å². The van der Waals surface area contributed by atoms with Gasteiger partial charge in [-0.2, -0.15) is 0 Å². The van der Waals surface area contributed by atoms with Crippen LogP contribution in [0.15, 0.2) is 0 Å². The molecule has 0 radical (unpaired) electrons. The SMILES string of the molecule is NCC1CC1F. The third kappa shape index (κ3) is 0.522. The van der Waals surface area contributed by atoms with Crippen molar-refractivity contribution in [3.05, 3.63) is 0 Å². The van der Waals surface area contributed by atoms with E-state index in [0.717, 1.165) is 0 Å². The van der Waals surface area contributed by atoms with Gasteiger partial charge in [0, 0.05) is 5.92 Å². The highest BCUT2D eigenvalue weighted by Crippen LogP contribution is 2.31. The first-order valence-electron chi connectivity index (χ1n) is 2.18. The van der Waals surface area contributed by atoms with E-state index in [1.54, 1.807) is 0 Å². The van der Waals surface area contributed by atoms with Crippen LogP contribution in [0.25, 0.3) is 0 Å². The quantitative estimate of drug-likeness (QED) is 0.491. The maximum absolute atomic E-state index is 11.7. The zero-order chi connectivity index (χ0) is 4.57. The van der Waals surface area contributed by atoms with Crippen LogP contribution in [0, 0.1) is 5.92 Å². The number of alkyl halides is 1. The minimum Gasteiger partial charge on any atom is -0.330 e. The largest absolute Gasteiger partial charge is 0.330 e. The van der Waals surface area contributed by atoms with Crippen molar-refractivity contribution in [3.63, 3.8) is 0 Å². The van der Waals surface area contributed by atoms with Crippen LogP contribution in [-0.2, 0) is 0 Å². The summed E-state index contributed by atoms with van der Waals surface area (Å²) in [5.74, 6) is 0.213. The van der Waals surface area contributed by atoms with Crippen molar-refractivity contribution in [1.29, 1.82) is 0 Å². The van der Waals surface area contributed by atoms with Gasteiger partial charge in [-0.25, -0.2) is 4.39 Å². The molecule has 0 bridgehead atoms. The Bertz CT molecular complexity index is 53.5. The van der Waals surface area contributed by atoms with Crippen molar-refractivity contribution >= 4 is 0 Å². The average Bonchev–Trinajstić information content (AvgIpc) is 2.19. The van der Waals surface area contributed by atoms with Gasteiger partial charge < -0.3 is 5.73 Å². The lowest BCUT2D eigenvalue weighted by atomic mass is 10.4. The second-order valence-electron chi connectivity index (χ2n) is 1.75. The van der Waals surface area contributed by atoms with Crippen molar-refractivity contribution in [2.45, 2.75) is 12.6 Å². The van der Waals surface area contributed by atoms with Crippen LogP contribution in [-0.4, -0.2) is 12.7 Å². The summed E-state index contributed by atoms with van der Waals surface area (Å²) in [5, 5.41) is 0. The van der Waals surface area contributed by atoms with E-state index in [4.69, 9.17) is 5.73 Å². The van der Waals surface area contributed by atoms with Crippen LogP contribution < -0.4 is 5.73 Å². The summed E-state index contributed by atoms with van der Waals surface area (Å²) >= 11 is 0. The van der Waals surface area contributed by atoms with Gasteiger partial charge >= 0.3 is 0 Å². The van der Waals surface area contributed by atoms with Gasteiger partial charge in [-0.3, -0.25) is 0 Å². The van der Waals surface area contributed by atoms with E-state index in [1.807, 2.05) is 0 Å². The summed E-state index contributed by atoms with van der Waals surface area (Å²) in [4.78, 5) is 0. The predicted octanol–water partition coefficient (Wildman–Crippen LogP) is 0.303. The molecule has 2 atom stereocenters. The van der Waals surface area contributed by atoms with Gasteiger partial charge in [-0.1, -0.05) is 0 Å². The van der Waals surface area contributed by atoms with Crippen molar-refractivity contribution in [2.75, 3.05) is 6.54 Å². The minimum atomic E-state index is -0.560. The van der Waals surface area contributed by atoms with Crippen molar-refractivity contribution in [1.82, 2.24) is 0 Å². The van der Waals surface area contributed by atoms with E-state index in [-0.39, 0.29) is 5.92 Å². The summed E-state index contributed by atoms with van der Waals surface area (Å²) in [7, 11) is 0. The molecule has 2 heteroatoms. The Hall–Kier alpha value is -0.110. The molecule has 1 rings (SSSR count). The van der Waals surface area contributed by atoms with Crippen LogP contribution >= 0.6 is 0 Å². The molecule has 1 aliphatic rings. The molecule has 2 N–H and O–H groups in total. The third-order valence-corrected chi connectivity index (χ3v) is 1.14. The number of nitrogens with two attached hydrogens (primary N) is 1. The van der Waals surface area contributed by atoms with Crippen molar-refractivity contribution in [2.24, 2.45) is 11.7 Å². The monoisotopic (exact) mass is 89.1 g/mol. The Balaban J connectivity index is 2.09. The highest BCUT2D eigenvalue weighted by atomic mass is 19.1. The standard InChI is InChI=1S/C4H8FN/c5-4-1-3(4)2-6/h3-4H,1-2,6H2. The van der Waals surface area contributed by atoms with E-state index in [0.29, 0.717) is 13.0 Å². The Morgan fingerprint density at radius 2 is 2.33 bits per heavy atom. The van der Waals surface area contributed by atoms with Gasteiger partial charge in [0.1, 0.15) is 6.17 Å². The van der Waals surface area contributed by atoms with Crippen LogP contribution in [0.3, 0.4) is 0 Å². The first-order chi connectivity index (χ1) is 2.84. The third-order valence-electron chi connectivity index (χ3n) is 1.14. The van der Waals surface area contributed by atoms with Gasteiger partial charge in [-0.15, -0.1) is 0 Å². The number of halogens is 1. The summed E-state index contributed by atoms with van der Waals surface area (Å²) in [6.45, 7) is 0.529. The zero-order valence-corrected chi connectivity index (χ0v) is 3.52.